The lowest BCUT2D eigenvalue weighted by atomic mass is 9.43. The van der Waals surface area contributed by atoms with Crippen molar-refractivity contribution in [2.24, 2.45) is 0 Å². The van der Waals surface area contributed by atoms with Gasteiger partial charge in [0.05, 0.1) is 0 Å². The molecule has 3 nitrogen and oxygen atoms in total. The van der Waals surface area contributed by atoms with E-state index in [4.69, 9.17) is 0 Å². The molecule has 6 rings (SSSR count). The second-order valence-corrected chi connectivity index (χ2v) is 8.13. The summed E-state index contributed by atoms with van der Waals surface area (Å²) in [6.07, 6.45) is 0. The predicted octanol–water partition coefficient (Wildman–Crippen LogP) is 4.97. The van der Waals surface area contributed by atoms with Crippen LogP contribution in [0.25, 0.3) is 0 Å². The van der Waals surface area contributed by atoms with Crippen LogP contribution in [-0.4, -0.2) is 16.5 Å². The molecular weight excluding hydrogens is 334 g/mol. The van der Waals surface area contributed by atoms with Gasteiger partial charge in [-0.25, -0.2) is 0 Å². The first-order chi connectivity index (χ1) is 13.0. The maximum absolute atomic E-state index is 12.6. The van der Waals surface area contributed by atoms with Gasteiger partial charge in [0, 0.05) is 22.8 Å². The highest BCUT2D eigenvalue weighted by atomic mass is 16.8. The fourth-order valence-electron chi connectivity index (χ4n) is 5.90. The zero-order valence-electron chi connectivity index (χ0n) is 15.5. The molecule has 3 heteroatoms. The number of fused-ring (bicyclic) bond motifs is 1. The quantitative estimate of drug-likeness (QED) is 0.660. The fourth-order valence-corrected chi connectivity index (χ4v) is 5.90. The first kappa shape index (κ1) is 16.7. The van der Waals surface area contributed by atoms with Gasteiger partial charge in [-0.3, -0.25) is 5.23 Å². The third-order valence-electron chi connectivity index (χ3n) is 7.02. The van der Waals surface area contributed by atoms with Crippen LogP contribution in [-0.2, 0) is 10.8 Å². The Bertz CT molecular complexity index is 964. The Hall–Kier alpha value is -2.46. The lowest BCUT2D eigenvalue weighted by Crippen LogP contribution is -2.63. The van der Waals surface area contributed by atoms with Gasteiger partial charge >= 0.3 is 0 Å². The number of benzene rings is 3. The van der Waals surface area contributed by atoms with E-state index >= 15 is 0 Å². The van der Waals surface area contributed by atoms with Gasteiger partial charge in [0.1, 0.15) is 0 Å². The summed E-state index contributed by atoms with van der Waals surface area (Å²) in [6, 6.07) is 26.3. The van der Waals surface area contributed by atoms with Crippen LogP contribution in [0.5, 0.6) is 0 Å². The van der Waals surface area contributed by atoms with E-state index in [-0.39, 0.29) is 11.1 Å². The van der Waals surface area contributed by atoms with Crippen LogP contribution >= 0.6 is 0 Å². The van der Waals surface area contributed by atoms with Crippen molar-refractivity contribution >= 4 is 0 Å². The molecule has 0 saturated heterocycles. The van der Waals surface area contributed by atoms with Crippen LogP contribution in [0.15, 0.2) is 78.9 Å². The molecule has 136 valence electrons. The molecule has 0 amide bonds. The summed E-state index contributed by atoms with van der Waals surface area (Å²) in [4.78, 5) is 0. The lowest BCUT2D eigenvalue weighted by molar-refractivity contribution is -0.118. The van der Waals surface area contributed by atoms with E-state index in [0.29, 0.717) is 0 Å². The molecule has 0 aromatic heterocycles. The van der Waals surface area contributed by atoms with Gasteiger partial charge in [-0.1, -0.05) is 85.8 Å². The average Bonchev–Trinajstić information content (AvgIpc) is 2.70. The highest BCUT2D eigenvalue weighted by molar-refractivity contribution is 5.66. The van der Waals surface area contributed by atoms with E-state index in [0.717, 1.165) is 16.7 Å². The normalized spacial score (nSPS) is 30.9. The number of hydrogen-bond donors (Lipinski definition) is 1. The largest absolute Gasteiger partial charge is 0.762 e. The summed E-state index contributed by atoms with van der Waals surface area (Å²) < 4.78 is 0. The summed E-state index contributed by atoms with van der Waals surface area (Å²) >= 11 is 0. The molecule has 1 N–H and O–H groups in total. The van der Waals surface area contributed by atoms with Gasteiger partial charge in [0.25, 0.3) is 0 Å². The molecule has 3 aliphatic rings. The minimum absolute atomic E-state index is 0.156. The zero-order chi connectivity index (χ0) is 18.8. The molecule has 3 aromatic rings. The van der Waals surface area contributed by atoms with Crippen molar-refractivity contribution in [2.75, 3.05) is 0 Å². The number of nitrogens with zero attached hydrogens (tertiary/aromatic N) is 1. The van der Waals surface area contributed by atoms with Gasteiger partial charge in [-0.05, 0) is 34.7 Å². The van der Waals surface area contributed by atoms with E-state index in [1.54, 1.807) is 0 Å². The van der Waals surface area contributed by atoms with Crippen molar-refractivity contribution in [3.63, 3.8) is 0 Å². The third-order valence-corrected chi connectivity index (χ3v) is 7.02. The smallest absolute Gasteiger partial charge is 0.0432 e. The zero-order valence-corrected chi connectivity index (χ0v) is 15.5. The van der Waals surface area contributed by atoms with Crippen LogP contribution < -0.4 is 0 Å². The Kier molecular flexibility index (Phi) is 3.41. The highest BCUT2D eigenvalue weighted by Crippen LogP contribution is 2.65. The van der Waals surface area contributed by atoms with Gasteiger partial charge in [-0.2, -0.15) is 0 Å². The molecule has 2 atom stereocenters. The fraction of sp³-hybridized carbons (Fsp3) is 0.250. The van der Waals surface area contributed by atoms with E-state index in [9.17, 15) is 10.4 Å². The minimum atomic E-state index is -0.602. The molecule has 0 heterocycles. The van der Waals surface area contributed by atoms with Gasteiger partial charge in [-0.15, -0.1) is 0 Å². The summed E-state index contributed by atoms with van der Waals surface area (Å²) in [5, 5.41) is 23.2. The van der Waals surface area contributed by atoms with Crippen molar-refractivity contribution in [3.8, 4) is 0 Å². The molecule has 3 aliphatic carbocycles. The third kappa shape index (κ3) is 1.91. The maximum Gasteiger partial charge on any atom is 0.0432 e. The number of rotatable bonds is 2. The van der Waals surface area contributed by atoms with Crippen molar-refractivity contribution in [3.05, 3.63) is 112 Å². The first-order valence-corrected chi connectivity index (χ1v) is 9.41. The van der Waals surface area contributed by atoms with Crippen molar-refractivity contribution in [2.45, 2.75) is 36.6 Å². The average molecular weight is 356 g/mol. The number of hydroxylamine groups is 2. The Morgan fingerprint density at radius 2 is 1.11 bits per heavy atom. The molecular formula is C24H22NO2-. The molecule has 2 bridgehead atoms. The van der Waals surface area contributed by atoms with E-state index in [1.807, 2.05) is 30.3 Å². The van der Waals surface area contributed by atoms with Crippen LogP contribution in [0.4, 0.5) is 0 Å². The van der Waals surface area contributed by atoms with Gasteiger partial charge in [0.2, 0.25) is 0 Å². The molecule has 0 spiro atoms. The molecule has 0 saturated carbocycles. The predicted molar refractivity (Wildman–Crippen MR) is 106 cm³/mol. The second kappa shape index (κ2) is 5.52. The van der Waals surface area contributed by atoms with Crippen LogP contribution in [0.1, 0.15) is 47.6 Å². The molecule has 3 aromatic carbocycles. The van der Waals surface area contributed by atoms with E-state index in [2.05, 4.69) is 62.4 Å². The molecule has 27 heavy (non-hydrogen) atoms. The van der Waals surface area contributed by atoms with E-state index < -0.39 is 16.9 Å². The minimum Gasteiger partial charge on any atom is -0.762 e. The van der Waals surface area contributed by atoms with E-state index in [1.165, 1.54) is 11.1 Å². The van der Waals surface area contributed by atoms with Crippen LogP contribution in [0, 0.1) is 5.21 Å². The van der Waals surface area contributed by atoms with Crippen molar-refractivity contribution in [1.29, 1.82) is 0 Å². The number of hydrogen-bond acceptors (Lipinski definition) is 3. The molecule has 0 fully saturated rings. The van der Waals surface area contributed by atoms with Crippen LogP contribution in [0.3, 0.4) is 0 Å². The van der Waals surface area contributed by atoms with Crippen molar-refractivity contribution < 1.29 is 5.21 Å². The molecule has 0 radical (unpaired) electrons. The molecule has 0 unspecified atom stereocenters. The summed E-state index contributed by atoms with van der Waals surface area (Å²) in [7, 11) is 0. The summed E-state index contributed by atoms with van der Waals surface area (Å²) in [5.41, 5.74) is 4.85. The standard InChI is InChI=1S/C24H22NO2/c1-23-17-12-6-8-14-19(17)24(2,20-15-9-7-13-18(20)23)22(25(26)27)21(23)16-10-4-3-5-11-16/h3-15,21-22,26H,1-2H3/q-1/t21-,22+,23?,24?/m1/s1. The molecule has 0 aliphatic heterocycles. The van der Waals surface area contributed by atoms with Crippen LogP contribution in [0.2, 0.25) is 0 Å². The highest BCUT2D eigenvalue weighted by Gasteiger charge is 2.62. The maximum atomic E-state index is 12.6. The Morgan fingerprint density at radius 1 is 0.704 bits per heavy atom. The monoisotopic (exact) mass is 356 g/mol. The Morgan fingerprint density at radius 3 is 1.56 bits per heavy atom. The summed E-state index contributed by atoms with van der Waals surface area (Å²) in [5.74, 6) is -0.156. The first-order valence-electron chi connectivity index (χ1n) is 9.41. The van der Waals surface area contributed by atoms with Crippen molar-refractivity contribution in [1.82, 2.24) is 5.23 Å². The topological polar surface area (TPSA) is 46.5 Å². The Labute approximate surface area is 159 Å². The SMILES string of the molecule is CC12c3ccccc3C(C)(c3ccccc31)[C@@H](N([O-])O)[C@H]2c1ccccc1. The van der Waals surface area contributed by atoms with Gasteiger partial charge < -0.3 is 10.4 Å². The Balaban J connectivity index is 1.94. The lowest BCUT2D eigenvalue weighted by Gasteiger charge is -2.64. The van der Waals surface area contributed by atoms with Gasteiger partial charge in [0.15, 0.2) is 0 Å². The second-order valence-electron chi connectivity index (χ2n) is 8.13. The summed E-state index contributed by atoms with van der Waals surface area (Å²) in [6.45, 7) is 4.32.